The molecule has 2 N–H and O–H groups in total. The lowest BCUT2D eigenvalue weighted by Gasteiger charge is -2.35. The molecule has 0 bridgehead atoms. The number of piperidine rings is 1. The molecule has 1 aliphatic rings. The van der Waals surface area contributed by atoms with Crippen LogP contribution in [0, 0.1) is 17.2 Å². The van der Waals surface area contributed by atoms with Crippen molar-refractivity contribution in [1.29, 1.82) is 5.26 Å². The number of aromatic amines is 1. The zero-order valence-corrected chi connectivity index (χ0v) is 13.6. The second-order valence-corrected chi connectivity index (χ2v) is 6.45. The first-order valence-corrected chi connectivity index (χ1v) is 8.33. The van der Waals surface area contributed by atoms with Crippen LogP contribution in [0.5, 0.6) is 0 Å². The van der Waals surface area contributed by atoms with Gasteiger partial charge in [0.2, 0.25) is 0 Å². The Morgan fingerprint density at radius 3 is 2.96 bits per heavy atom. The normalized spacial score (nSPS) is 17.5. The van der Waals surface area contributed by atoms with Crippen LogP contribution in [0.15, 0.2) is 18.5 Å². The number of fused-ring (bicyclic) bond motifs is 3. The molecule has 1 saturated heterocycles. The van der Waals surface area contributed by atoms with Crippen LogP contribution in [0.4, 0.5) is 0 Å². The molecular formula is C17H20N6O. The van der Waals surface area contributed by atoms with E-state index in [9.17, 15) is 5.11 Å². The summed E-state index contributed by atoms with van der Waals surface area (Å²) in [4.78, 5) is 12.1. The minimum Gasteiger partial charge on any atom is -0.385 e. The number of hydrogen-bond donors (Lipinski definition) is 2. The number of pyridine rings is 1. The number of nitrogens with zero attached hydrogens (tertiary/aromatic N) is 5. The molecule has 0 amide bonds. The first-order valence-electron chi connectivity index (χ1n) is 8.33. The van der Waals surface area contributed by atoms with Gasteiger partial charge in [0, 0.05) is 31.1 Å². The summed E-state index contributed by atoms with van der Waals surface area (Å²) in [5.41, 5.74) is 2.59. The fourth-order valence-electron chi connectivity index (χ4n) is 3.58. The second-order valence-electron chi connectivity index (χ2n) is 6.45. The van der Waals surface area contributed by atoms with Gasteiger partial charge in [-0.05, 0) is 31.7 Å². The zero-order chi connectivity index (χ0) is 16.7. The predicted octanol–water partition coefficient (Wildman–Crippen LogP) is 2.23. The molecule has 1 unspecified atom stereocenters. The number of aliphatic hydroxyl groups excluding tert-OH is 1. The van der Waals surface area contributed by atoms with Crippen LogP contribution in [0.25, 0.3) is 22.1 Å². The van der Waals surface area contributed by atoms with E-state index in [1.807, 2.05) is 12.3 Å². The van der Waals surface area contributed by atoms with E-state index in [-0.39, 0.29) is 0 Å². The maximum Gasteiger partial charge on any atom is 0.157 e. The summed E-state index contributed by atoms with van der Waals surface area (Å²) in [5.74, 6) is 1.10. The Balaban J connectivity index is 1.82. The van der Waals surface area contributed by atoms with Crippen LogP contribution in [-0.2, 0) is 0 Å². The van der Waals surface area contributed by atoms with E-state index in [0.717, 1.165) is 48.0 Å². The molecule has 124 valence electrons. The molecule has 4 rings (SSSR count). The van der Waals surface area contributed by atoms with E-state index < -0.39 is 6.10 Å². The number of nitriles is 1. The molecule has 0 aliphatic carbocycles. The van der Waals surface area contributed by atoms with Crippen LogP contribution in [0.1, 0.15) is 38.1 Å². The molecule has 0 saturated carbocycles. The van der Waals surface area contributed by atoms with Crippen molar-refractivity contribution in [2.24, 2.45) is 5.92 Å². The van der Waals surface area contributed by atoms with E-state index in [2.05, 4.69) is 30.7 Å². The van der Waals surface area contributed by atoms with Gasteiger partial charge in [-0.25, -0.2) is 14.6 Å². The highest BCUT2D eigenvalue weighted by Gasteiger charge is 2.25. The van der Waals surface area contributed by atoms with Gasteiger partial charge in [0.05, 0.1) is 12.3 Å². The molecule has 4 heterocycles. The lowest BCUT2D eigenvalue weighted by atomic mass is 9.95. The predicted molar refractivity (Wildman–Crippen MR) is 90.9 cm³/mol. The van der Waals surface area contributed by atoms with Crippen molar-refractivity contribution in [3.05, 3.63) is 24.3 Å². The van der Waals surface area contributed by atoms with E-state index in [1.54, 1.807) is 13.1 Å². The van der Waals surface area contributed by atoms with Gasteiger partial charge in [0.25, 0.3) is 0 Å². The van der Waals surface area contributed by atoms with Gasteiger partial charge in [-0.15, -0.1) is 0 Å². The Morgan fingerprint density at radius 2 is 2.25 bits per heavy atom. The summed E-state index contributed by atoms with van der Waals surface area (Å²) in [6, 6.07) is 4.27. The van der Waals surface area contributed by atoms with Gasteiger partial charge in [0.15, 0.2) is 5.82 Å². The van der Waals surface area contributed by atoms with E-state index in [0.29, 0.717) is 18.2 Å². The fourth-order valence-corrected chi connectivity index (χ4v) is 3.58. The van der Waals surface area contributed by atoms with Crippen molar-refractivity contribution < 1.29 is 5.11 Å². The quantitative estimate of drug-likeness (QED) is 0.770. The van der Waals surface area contributed by atoms with Gasteiger partial charge < -0.3 is 15.1 Å². The van der Waals surface area contributed by atoms with Crippen molar-refractivity contribution in [1.82, 2.24) is 19.6 Å². The molecule has 0 aromatic carbocycles. The minimum absolute atomic E-state index is 0.463. The van der Waals surface area contributed by atoms with Crippen molar-refractivity contribution >= 4 is 22.1 Å². The molecule has 0 radical (unpaired) electrons. The van der Waals surface area contributed by atoms with Crippen molar-refractivity contribution in [2.45, 2.75) is 32.3 Å². The average Bonchev–Trinajstić information content (AvgIpc) is 3.19. The number of H-pyrrole nitrogens is 1. The van der Waals surface area contributed by atoms with Gasteiger partial charge in [-0.1, -0.05) is 0 Å². The van der Waals surface area contributed by atoms with Crippen molar-refractivity contribution in [3.8, 4) is 6.07 Å². The molecule has 1 fully saturated rings. The molecule has 0 spiro atoms. The van der Waals surface area contributed by atoms with Crippen LogP contribution in [0.3, 0.4) is 0 Å². The van der Waals surface area contributed by atoms with E-state index in [1.165, 1.54) is 0 Å². The number of hydrogen-bond acceptors (Lipinski definition) is 5. The lowest BCUT2D eigenvalue weighted by Crippen LogP contribution is -2.42. The van der Waals surface area contributed by atoms with Crippen LogP contribution >= 0.6 is 0 Å². The topological polar surface area (TPSA) is 93.8 Å². The molecular weight excluding hydrogens is 304 g/mol. The largest absolute Gasteiger partial charge is 0.385 e. The van der Waals surface area contributed by atoms with Gasteiger partial charge in [0.1, 0.15) is 22.8 Å². The molecule has 7 nitrogen and oxygen atoms in total. The SMILES string of the molecule is CC(O)c1nc2cnc3[nH]ccc3c2n1N1CCC(CC#N)CC1. The minimum atomic E-state index is -0.664. The van der Waals surface area contributed by atoms with Crippen molar-refractivity contribution in [3.63, 3.8) is 0 Å². The third-order valence-corrected chi connectivity index (χ3v) is 4.83. The van der Waals surface area contributed by atoms with E-state index in [4.69, 9.17) is 5.26 Å². The zero-order valence-electron chi connectivity index (χ0n) is 13.6. The monoisotopic (exact) mass is 324 g/mol. The summed E-state index contributed by atoms with van der Waals surface area (Å²) in [5, 5.41) is 22.4. The molecule has 1 aliphatic heterocycles. The highest BCUT2D eigenvalue weighted by molar-refractivity contribution is 6.01. The number of rotatable bonds is 3. The highest BCUT2D eigenvalue weighted by atomic mass is 16.3. The summed E-state index contributed by atoms with van der Waals surface area (Å²) in [6.07, 6.45) is 5.53. The molecule has 3 aromatic heterocycles. The Bertz CT molecular complexity index is 910. The summed E-state index contributed by atoms with van der Waals surface area (Å²) in [6.45, 7) is 3.44. The summed E-state index contributed by atoms with van der Waals surface area (Å²) >= 11 is 0. The second kappa shape index (κ2) is 5.80. The Labute approximate surface area is 139 Å². The van der Waals surface area contributed by atoms with Crippen LogP contribution in [-0.4, -0.2) is 37.8 Å². The molecule has 24 heavy (non-hydrogen) atoms. The first kappa shape index (κ1) is 15.0. The summed E-state index contributed by atoms with van der Waals surface area (Å²) < 4.78 is 2.06. The third-order valence-electron chi connectivity index (χ3n) is 4.83. The fraction of sp³-hybridized carbons (Fsp3) is 0.471. The molecule has 7 heteroatoms. The Hall–Kier alpha value is -2.59. The molecule has 3 aromatic rings. The smallest absolute Gasteiger partial charge is 0.157 e. The van der Waals surface area contributed by atoms with Crippen molar-refractivity contribution in [2.75, 3.05) is 18.1 Å². The third kappa shape index (κ3) is 2.31. The number of aliphatic hydroxyl groups is 1. The first-order chi connectivity index (χ1) is 11.7. The van der Waals surface area contributed by atoms with Gasteiger partial charge in [-0.2, -0.15) is 5.26 Å². The number of nitrogens with one attached hydrogen (secondary N) is 1. The number of aromatic nitrogens is 4. The van der Waals surface area contributed by atoms with Crippen LogP contribution in [0.2, 0.25) is 0 Å². The van der Waals surface area contributed by atoms with Gasteiger partial charge >= 0.3 is 0 Å². The maximum absolute atomic E-state index is 10.2. The Kier molecular flexibility index (Phi) is 3.62. The van der Waals surface area contributed by atoms with E-state index >= 15 is 0 Å². The Morgan fingerprint density at radius 1 is 1.46 bits per heavy atom. The summed E-state index contributed by atoms with van der Waals surface area (Å²) in [7, 11) is 0. The maximum atomic E-state index is 10.2. The standard InChI is InChI=1S/C17H20N6O/c1-11(24)17-21-14-10-20-16-13(3-7-19-16)15(14)23(17)22-8-4-12(2-6-18)5-9-22/h3,7,10-12,24H,2,4-5,8-9H2,1H3,(H,19,20). The lowest BCUT2D eigenvalue weighted by molar-refractivity contribution is 0.182. The number of imidazole rings is 1. The highest BCUT2D eigenvalue weighted by Crippen LogP contribution is 2.29. The van der Waals surface area contributed by atoms with Crippen LogP contribution < -0.4 is 5.01 Å². The average molecular weight is 324 g/mol. The molecule has 1 atom stereocenters. The van der Waals surface area contributed by atoms with Gasteiger partial charge in [-0.3, -0.25) is 0 Å².